The van der Waals surface area contributed by atoms with E-state index < -0.39 is 11.9 Å². The third kappa shape index (κ3) is 3.31. The molecule has 1 aliphatic rings. The van der Waals surface area contributed by atoms with Gasteiger partial charge in [-0.2, -0.15) is 0 Å². The highest BCUT2D eigenvalue weighted by atomic mass is 16.5. The van der Waals surface area contributed by atoms with Crippen LogP contribution in [0.2, 0.25) is 0 Å². The van der Waals surface area contributed by atoms with Crippen LogP contribution in [-0.4, -0.2) is 30.7 Å². The van der Waals surface area contributed by atoms with E-state index in [1.54, 1.807) is 0 Å². The van der Waals surface area contributed by atoms with Gasteiger partial charge < -0.3 is 16.2 Å². The molecule has 6 nitrogen and oxygen atoms in total. The third-order valence-electron chi connectivity index (χ3n) is 2.19. The van der Waals surface area contributed by atoms with Gasteiger partial charge in [0.05, 0.1) is 6.10 Å². The fourth-order valence-corrected chi connectivity index (χ4v) is 1.52. The fourth-order valence-electron chi connectivity index (χ4n) is 1.52. The summed E-state index contributed by atoms with van der Waals surface area (Å²) < 4.78 is 5.23. The van der Waals surface area contributed by atoms with Gasteiger partial charge in [-0.15, -0.1) is 0 Å². The van der Waals surface area contributed by atoms with Gasteiger partial charge in [-0.1, -0.05) is 0 Å². The second-order valence-corrected chi connectivity index (χ2v) is 3.36. The van der Waals surface area contributed by atoms with Crippen LogP contribution >= 0.6 is 0 Å². The van der Waals surface area contributed by atoms with Gasteiger partial charge in [-0.25, -0.2) is 4.79 Å². The fraction of sp³-hybridized carbons (Fsp3) is 0.750. The first kappa shape index (κ1) is 10.9. The van der Waals surface area contributed by atoms with Gasteiger partial charge in [0.15, 0.2) is 0 Å². The lowest BCUT2D eigenvalue weighted by molar-refractivity contribution is -0.126. The van der Waals surface area contributed by atoms with Gasteiger partial charge in [-0.05, 0) is 19.3 Å². The highest BCUT2D eigenvalue weighted by Gasteiger charge is 2.25. The van der Waals surface area contributed by atoms with Gasteiger partial charge in [0.2, 0.25) is 0 Å². The van der Waals surface area contributed by atoms with E-state index in [0.29, 0.717) is 0 Å². The number of carbonyl (C=O) groups excluding carboxylic acids is 2. The summed E-state index contributed by atoms with van der Waals surface area (Å²) in [5.74, 6) is -0.531. The number of hydrogen-bond donors (Lipinski definition) is 3. The average Bonchev–Trinajstić information content (AvgIpc) is 2.46. The quantitative estimate of drug-likeness (QED) is 0.548. The molecule has 0 aliphatic heterocycles. The minimum absolute atomic E-state index is 0.00335. The lowest BCUT2D eigenvalue weighted by Crippen LogP contribution is -2.40. The number of amides is 3. The summed E-state index contributed by atoms with van der Waals surface area (Å²) in [6.07, 6.45) is 2.73. The van der Waals surface area contributed by atoms with Crippen LogP contribution in [0.25, 0.3) is 0 Å². The van der Waals surface area contributed by atoms with Crippen molar-refractivity contribution in [3.8, 4) is 0 Å². The summed E-state index contributed by atoms with van der Waals surface area (Å²) in [5.41, 5.74) is 10.5. The maximum Gasteiger partial charge on any atom is 0.318 e. The molecule has 3 amide bonds. The molecule has 1 fully saturated rings. The van der Waals surface area contributed by atoms with Crippen molar-refractivity contribution >= 4 is 11.9 Å². The molecule has 1 saturated carbocycles. The molecule has 14 heavy (non-hydrogen) atoms. The zero-order chi connectivity index (χ0) is 10.6. The number of imide groups is 1. The molecule has 0 radical (unpaired) electrons. The number of urea groups is 1. The van der Waals surface area contributed by atoms with E-state index in [1.807, 2.05) is 5.32 Å². The van der Waals surface area contributed by atoms with Gasteiger partial charge in [-0.3, -0.25) is 10.1 Å². The number of primary amides is 1. The summed E-state index contributed by atoms with van der Waals surface area (Å²) >= 11 is 0. The van der Waals surface area contributed by atoms with E-state index in [-0.39, 0.29) is 18.8 Å². The van der Waals surface area contributed by atoms with Gasteiger partial charge in [0.1, 0.15) is 6.61 Å². The van der Waals surface area contributed by atoms with Crippen LogP contribution in [-0.2, 0) is 9.53 Å². The number of nitrogens with one attached hydrogen (secondary N) is 1. The normalized spacial score (nSPS) is 26.1. The third-order valence-corrected chi connectivity index (χ3v) is 2.19. The predicted octanol–water partition coefficient (Wildman–Crippen LogP) is -0.922. The molecule has 5 N–H and O–H groups in total. The molecule has 0 heterocycles. The second-order valence-electron chi connectivity index (χ2n) is 3.36. The largest absolute Gasteiger partial charge is 0.367 e. The minimum atomic E-state index is -0.866. The molecule has 6 heteroatoms. The SMILES string of the molecule is NC(=O)NC(=O)COC1CCCC1N. The topological polar surface area (TPSA) is 107 Å². The molecule has 2 atom stereocenters. The van der Waals surface area contributed by atoms with Crippen LogP contribution in [0.3, 0.4) is 0 Å². The molecule has 1 aliphatic carbocycles. The first-order valence-corrected chi connectivity index (χ1v) is 4.56. The summed E-state index contributed by atoms with van der Waals surface area (Å²) in [6, 6.07) is -0.870. The van der Waals surface area contributed by atoms with Crippen molar-refractivity contribution < 1.29 is 14.3 Å². The number of hydrogen-bond acceptors (Lipinski definition) is 4. The van der Waals surface area contributed by atoms with Crippen LogP contribution in [0.4, 0.5) is 4.79 Å². The highest BCUT2D eigenvalue weighted by Crippen LogP contribution is 2.19. The Morgan fingerprint density at radius 2 is 2.14 bits per heavy atom. The predicted molar refractivity (Wildman–Crippen MR) is 49.3 cm³/mol. The highest BCUT2D eigenvalue weighted by molar-refractivity contribution is 5.94. The number of nitrogens with two attached hydrogens (primary N) is 2. The van der Waals surface area contributed by atoms with Crippen molar-refractivity contribution in [3.63, 3.8) is 0 Å². The summed E-state index contributed by atoms with van der Waals surface area (Å²) in [7, 11) is 0. The monoisotopic (exact) mass is 201 g/mol. The number of ether oxygens (including phenoxy) is 1. The van der Waals surface area contributed by atoms with E-state index >= 15 is 0 Å². The molecule has 0 saturated heterocycles. The summed E-state index contributed by atoms with van der Waals surface area (Å²) in [5, 5.41) is 1.92. The molecule has 0 aromatic heterocycles. The van der Waals surface area contributed by atoms with Gasteiger partial charge in [0.25, 0.3) is 5.91 Å². The Balaban J connectivity index is 2.19. The molecular formula is C8H15N3O3. The van der Waals surface area contributed by atoms with Crippen molar-refractivity contribution in [3.05, 3.63) is 0 Å². The van der Waals surface area contributed by atoms with Crippen LogP contribution in [0.1, 0.15) is 19.3 Å². The average molecular weight is 201 g/mol. The van der Waals surface area contributed by atoms with E-state index in [0.717, 1.165) is 19.3 Å². The lowest BCUT2D eigenvalue weighted by Gasteiger charge is -2.15. The Labute approximate surface area is 82.0 Å². The van der Waals surface area contributed by atoms with Crippen molar-refractivity contribution in [1.82, 2.24) is 5.32 Å². The van der Waals surface area contributed by atoms with Crippen LogP contribution < -0.4 is 16.8 Å². The summed E-state index contributed by atoms with van der Waals surface area (Å²) in [6.45, 7) is -0.165. The van der Waals surface area contributed by atoms with E-state index in [4.69, 9.17) is 16.2 Å². The molecule has 80 valence electrons. The number of rotatable bonds is 3. The maximum absolute atomic E-state index is 10.9. The molecule has 2 unspecified atom stereocenters. The molecule has 0 aromatic rings. The first-order chi connectivity index (χ1) is 6.59. The van der Waals surface area contributed by atoms with Crippen LogP contribution in [0, 0.1) is 0 Å². The van der Waals surface area contributed by atoms with E-state index in [9.17, 15) is 9.59 Å². The lowest BCUT2D eigenvalue weighted by atomic mass is 10.2. The van der Waals surface area contributed by atoms with Crippen LogP contribution in [0.5, 0.6) is 0 Å². The molecule has 1 rings (SSSR count). The Morgan fingerprint density at radius 3 is 2.64 bits per heavy atom. The smallest absolute Gasteiger partial charge is 0.318 e. The molecule has 0 bridgehead atoms. The molecular weight excluding hydrogens is 186 g/mol. The maximum atomic E-state index is 10.9. The Bertz CT molecular complexity index is 232. The molecule has 0 spiro atoms. The zero-order valence-corrected chi connectivity index (χ0v) is 7.86. The van der Waals surface area contributed by atoms with Crippen molar-refractivity contribution in [2.24, 2.45) is 11.5 Å². The Kier molecular flexibility index (Phi) is 3.84. The number of carbonyl (C=O) groups is 2. The van der Waals surface area contributed by atoms with E-state index in [2.05, 4.69) is 0 Å². The van der Waals surface area contributed by atoms with Crippen molar-refractivity contribution in [2.75, 3.05) is 6.61 Å². The second kappa shape index (κ2) is 4.92. The standard InChI is InChI=1S/C8H15N3O3/c9-5-2-1-3-6(5)14-4-7(12)11-8(10)13/h5-6H,1-4,9H2,(H3,10,11,12,13). The van der Waals surface area contributed by atoms with Crippen molar-refractivity contribution in [2.45, 2.75) is 31.4 Å². The minimum Gasteiger partial charge on any atom is -0.367 e. The summed E-state index contributed by atoms with van der Waals surface area (Å²) in [4.78, 5) is 21.2. The van der Waals surface area contributed by atoms with E-state index in [1.165, 1.54) is 0 Å². The van der Waals surface area contributed by atoms with Gasteiger partial charge in [0, 0.05) is 6.04 Å². The first-order valence-electron chi connectivity index (χ1n) is 4.56. The van der Waals surface area contributed by atoms with Crippen molar-refractivity contribution in [1.29, 1.82) is 0 Å². The Morgan fingerprint density at radius 1 is 1.43 bits per heavy atom. The van der Waals surface area contributed by atoms with Crippen LogP contribution in [0.15, 0.2) is 0 Å². The Hall–Kier alpha value is -1.14. The van der Waals surface area contributed by atoms with Gasteiger partial charge >= 0.3 is 6.03 Å². The zero-order valence-electron chi connectivity index (χ0n) is 7.86. The molecule has 0 aromatic carbocycles.